The minimum Gasteiger partial charge on any atom is -0.465 e. The van der Waals surface area contributed by atoms with E-state index in [0.717, 1.165) is 25.7 Å². The monoisotopic (exact) mass is 474 g/mol. The maximum Gasteiger partial charge on any atom is 0.311 e. The van der Waals surface area contributed by atoms with Crippen LogP contribution in [0.5, 0.6) is 0 Å². The zero-order chi connectivity index (χ0) is 23.4. The van der Waals surface area contributed by atoms with Crippen LogP contribution in [0.2, 0.25) is 0 Å². The lowest BCUT2D eigenvalue weighted by atomic mass is 9.74. The van der Waals surface area contributed by atoms with E-state index in [2.05, 4.69) is 0 Å². The Hall–Kier alpha value is -1.80. The number of amides is 2. The van der Waals surface area contributed by atoms with E-state index in [-0.39, 0.29) is 30.4 Å². The fourth-order valence-corrected chi connectivity index (χ4v) is 8.87. The number of carbonyl (C=O) groups is 3. The lowest BCUT2D eigenvalue weighted by molar-refractivity contribution is -0.154. The van der Waals surface area contributed by atoms with Crippen LogP contribution in [0.25, 0.3) is 0 Å². The zero-order valence-corrected chi connectivity index (χ0v) is 20.3. The van der Waals surface area contributed by atoms with Gasteiger partial charge in [-0.3, -0.25) is 14.4 Å². The largest absolute Gasteiger partial charge is 0.465 e. The van der Waals surface area contributed by atoms with E-state index in [9.17, 15) is 19.5 Å². The fourth-order valence-electron chi connectivity index (χ4n) is 6.73. The van der Waals surface area contributed by atoms with E-state index in [1.54, 1.807) is 23.6 Å². The Morgan fingerprint density at radius 3 is 2.61 bits per heavy atom. The quantitative estimate of drug-likeness (QED) is 0.499. The first-order valence-corrected chi connectivity index (χ1v) is 13.1. The highest BCUT2D eigenvalue weighted by Crippen LogP contribution is 2.65. The Morgan fingerprint density at radius 2 is 1.88 bits per heavy atom. The standard InChI is InChI=1S/C25H34N2O5S/c1-16(15-28)27-20-22(30)26(17-9-4-3-5-10-17)13-8-12-25(20)18(21(27)29)19-23(31)32-14-7-6-11-24(19,2)33-25/h6,8,11-12,16-20,28H,3-5,7,9-10,13-15H2,1-2H3/t16-,18+,19+,20?,24-,25+/m1/s1. The third kappa shape index (κ3) is 3.39. The number of fused-ring (bicyclic) bond motifs is 2. The van der Waals surface area contributed by atoms with Gasteiger partial charge in [0, 0.05) is 17.3 Å². The minimum absolute atomic E-state index is 0.0502. The summed E-state index contributed by atoms with van der Waals surface area (Å²) in [7, 11) is 0. The number of likely N-dealkylation sites (tertiary alicyclic amines) is 1. The van der Waals surface area contributed by atoms with Crippen LogP contribution in [0.1, 0.15) is 52.4 Å². The number of carbonyl (C=O) groups excluding carboxylic acids is 3. The molecule has 0 aromatic heterocycles. The molecule has 7 nitrogen and oxygen atoms in total. The van der Waals surface area contributed by atoms with Crippen molar-refractivity contribution in [2.75, 3.05) is 19.8 Å². The van der Waals surface area contributed by atoms with Crippen molar-refractivity contribution in [3.63, 3.8) is 0 Å². The molecule has 0 radical (unpaired) electrons. The highest BCUT2D eigenvalue weighted by Gasteiger charge is 2.74. The second-order valence-electron chi connectivity index (χ2n) is 10.3. The molecule has 1 aliphatic carbocycles. The van der Waals surface area contributed by atoms with Crippen molar-refractivity contribution in [3.8, 4) is 0 Å². The van der Waals surface area contributed by atoms with Crippen molar-refractivity contribution in [2.24, 2.45) is 11.8 Å². The first-order chi connectivity index (χ1) is 15.8. The smallest absolute Gasteiger partial charge is 0.311 e. The number of ether oxygens (including phenoxy) is 1. The summed E-state index contributed by atoms with van der Waals surface area (Å²) in [5.74, 6) is -2.02. The van der Waals surface area contributed by atoms with Crippen LogP contribution >= 0.6 is 11.8 Å². The van der Waals surface area contributed by atoms with Gasteiger partial charge in [-0.05, 0) is 33.1 Å². The minimum atomic E-state index is -0.867. The summed E-state index contributed by atoms with van der Waals surface area (Å²) in [6.45, 7) is 4.35. The summed E-state index contributed by atoms with van der Waals surface area (Å²) in [4.78, 5) is 45.0. The second kappa shape index (κ2) is 8.45. The van der Waals surface area contributed by atoms with Gasteiger partial charge in [0.05, 0.1) is 35.8 Å². The number of hydrogen-bond donors (Lipinski definition) is 1. The van der Waals surface area contributed by atoms with E-state index in [0.29, 0.717) is 19.6 Å². The molecular weight excluding hydrogens is 440 g/mol. The van der Waals surface area contributed by atoms with Gasteiger partial charge in [0.2, 0.25) is 11.8 Å². The van der Waals surface area contributed by atoms with Gasteiger partial charge in [0.1, 0.15) is 6.04 Å². The lowest BCUT2D eigenvalue weighted by Gasteiger charge is -2.41. The van der Waals surface area contributed by atoms with Crippen LogP contribution in [0.3, 0.4) is 0 Å². The van der Waals surface area contributed by atoms with Crippen LogP contribution in [-0.2, 0) is 19.1 Å². The Kier molecular flexibility index (Phi) is 5.88. The molecule has 3 fully saturated rings. The topological polar surface area (TPSA) is 87.2 Å². The number of rotatable bonds is 3. The SMILES string of the molecule is C[C@H](CO)N1C(=O)[C@@H]2[C@H]3C(=O)OCCC=C[C@@]3(C)S[C@@]23C=CCN(C2CCCCC2)C(=O)C13. The van der Waals surface area contributed by atoms with E-state index >= 15 is 0 Å². The van der Waals surface area contributed by atoms with E-state index in [4.69, 9.17) is 4.74 Å². The molecule has 1 saturated carbocycles. The van der Waals surface area contributed by atoms with Gasteiger partial charge >= 0.3 is 5.97 Å². The van der Waals surface area contributed by atoms with Crippen molar-refractivity contribution in [2.45, 2.75) is 80.0 Å². The van der Waals surface area contributed by atoms with Crippen LogP contribution in [-0.4, -0.2) is 80.1 Å². The molecule has 4 aliphatic heterocycles. The van der Waals surface area contributed by atoms with Crippen molar-refractivity contribution in [1.82, 2.24) is 9.80 Å². The molecule has 2 amide bonds. The zero-order valence-electron chi connectivity index (χ0n) is 19.4. The summed E-state index contributed by atoms with van der Waals surface area (Å²) < 4.78 is 4.04. The molecule has 5 rings (SSSR count). The molecule has 0 aromatic carbocycles. The Labute approximate surface area is 199 Å². The summed E-state index contributed by atoms with van der Waals surface area (Å²) in [6, 6.07) is -1.08. The molecule has 1 unspecified atom stereocenters. The molecule has 33 heavy (non-hydrogen) atoms. The predicted molar refractivity (Wildman–Crippen MR) is 125 cm³/mol. The van der Waals surface area contributed by atoms with Crippen LogP contribution in [0.15, 0.2) is 24.3 Å². The maximum atomic E-state index is 14.2. The number of thioether (sulfide) groups is 1. The number of esters is 1. The maximum absolute atomic E-state index is 14.2. The fraction of sp³-hybridized carbons (Fsp3) is 0.720. The number of aliphatic hydroxyl groups is 1. The summed E-state index contributed by atoms with van der Waals surface area (Å²) in [6.07, 6.45) is 14.1. The third-order valence-electron chi connectivity index (χ3n) is 8.24. The molecule has 0 bridgehead atoms. The van der Waals surface area contributed by atoms with Gasteiger partial charge in [-0.15, -0.1) is 11.8 Å². The number of nitrogens with zero attached hydrogens (tertiary/aromatic N) is 2. The number of cyclic esters (lactones) is 1. The Balaban J connectivity index is 1.63. The lowest BCUT2D eigenvalue weighted by Crippen LogP contribution is -2.57. The summed E-state index contributed by atoms with van der Waals surface area (Å²) in [5.41, 5.74) is 0. The first kappa shape index (κ1) is 23.0. The molecule has 8 heteroatoms. The highest BCUT2D eigenvalue weighted by molar-refractivity contribution is 8.02. The normalized spacial score (nSPS) is 40.0. The first-order valence-electron chi connectivity index (χ1n) is 12.3. The third-order valence-corrected chi connectivity index (χ3v) is 10.0. The number of aliphatic hydroxyl groups excluding tert-OH is 1. The van der Waals surface area contributed by atoms with Gasteiger partial charge in [-0.25, -0.2) is 0 Å². The molecule has 0 aromatic rings. The van der Waals surface area contributed by atoms with Crippen molar-refractivity contribution in [1.29, 1.82) is 0 Å². The van der Waals surface area contributed by atoms with Crippen LogP contribution in [0.4, 0.5) is 0 Å². The molecular formula is C25H34N2O5S. The van der Waals surface area contributed by atoms with Crippen LogP contribution in [0, 0.1) is 11.8 Å². The van der Waals surface area contributed by atoms with E-state index < -0.39 is 33.4 Å². The number of hydrogen-bond acceptors (Lipinski definition) is 6. The molecule has 1 N–H and O–H groups in total. The molecule has 1 spiro atoms. The van der Waals surface area contributed by atoms with Crippen molar-refractivity contribution in [3.05, 3.63) is 24.3 Å². The average Bonchev–Trinajstić information content (AvgIpc) is 3.13. The predicted octanol–water partition coefficient (Wildman–Crippen LogP) is 2.29. The molecule has 4 heterocycles. The van der Waals surface area contributed by atoms with Gasteiger partial charge < -0.3 is 19.6 Å². The van der Waals surface area contributed by atoms with E-state index in [1.165, 1.54) is 6.42 Å². The van der Waals surface area contributed by atoms with Gasteiger partial charge in [0.15, 0.2) is 0 Å². The second-order valence-corrected chi connectivity index (χ2v) is 12.1. The van der Waals surface area contributed by atoms with Gasteiger partial charge in [0.25, 0.3) is 0 Å². The molecule has 6 atom stereocenters. The van der Waals surface area contributed by atoms with Crippen molar-refractivity contribution >= 4 is 29.5 Å². The molecule has 2 saturated heterocycles. The van der Waals surface area contributed by atoms with E-state index in [1.807, 2.05) is 36.1 Å². The Bertz CT molecular complexity index is 899. The highest BCUT2D eigenvalue weighted by atomic mass is 32.2. The average molecular weight is 475 g/mol. The summed E-state index contributed by atoms with van der Waals surface area (Å²) >= 11 is 1.56. The van der Waals surface area contributed by atoms with Gasteiger partial charge in [-0.2, -0.15) is 0 Å². The Morgan fingerprint density at radius 1 is 1.12 bits per heavy atom. The van der Waals surface area contributed by atoms with Crippen molar-refractivity contribution < 1.29 is 24.2 Å². The molecule has 180 valence electrons. The van der Waals surface area contributed by atoms with Gasteiger partial charge in [-0.1, -0.05) is 43.6 Å². The summed E-state index contributed by atoms with van der Waals surface area (Å²) in [5, 5.41) is 10.0. The van der Waals surface area contributed by atoms with Crippen LogP contribution < -0.4 is 0 Å². The molecule has 5 aliphatic rings.